The van der Waals surface area contributed by atoms with Crippen LogP contribution in [0.5, 0.6) is 5.75 Å². The summed E-state index contributed by atoms with van der Waals surface area (Å²) in [6.07, 6.45) is 0.299. The van der Waals surface area contributed by atoms with Crippen molar-refractivity contribution in [2.45, 2.75) is 12.0 Å². The fourth-order valence-electron chi connectivity index (χ4n) is 5.05. The Kier molecular flexibility index (Phi) is 6.81. The lowest BCUT2D eigenvalue weighted by atomic mass is 9.83. The van der Waals surface area contributed by atoms with Gasteiger partial charge in [0.15, 0.2) is 5.54 Å². The van der Waals surface area contributed by atoms with Crippen LogP contribution in [0.1, 0.15) is 11.1 Å². The molecule has 5 rings (SSSR count). The highest BCUT2D eigenvalue weighted by atomic mass is 16.5. The van der Waals surface area contributed by atoms with E-state index in [4.69, 9.17) is 4.74 Å². The van der Waals surface area contributed by atoms with E-state index in [0.29, 0.717) is 38.2 Å². The lowest BCUT2D eigenvalue weighted by Gasteiger charge is -2.36. The summed E-state index contributed by atoms with van der Waals surface area (Å²) >= 11 is 0. The van der Waals surface area contributed by atoms with Gasteiger partial charge in [0, 0.05) is 38.3 Å². The Morgan fingerprint density at radius 3 is 2.11 bits per heavy atom. The molecule has 0 aliphatic carbocycles. The maximum Gasteiger partial charge on any atom is 0.325 e. The molecule has 0 spiro atoms. The van der Waals surface area contributed by atoms with Crippen molar-refractivity contribution >= 4 is 23.5 Å². The minimum atomic E-state index is -1.26. The van der Waals surface area contributed by atoms with Crippen LogP contribution in [0.15, 0.2) is 84.9 Å². The Hall–Kier alpha value is -4.33. The zero-order valence-corrected chi connectivity index (χ0v) is 20.8. The summed E-state index contributed by atoms with van der Waals surface area (Å²) in [5.74, 6) is 0.157. The first-order valence-electron chi connectivity index (χ1n) is 12.4. The van der Waals surface area contributed by atoms with Crippen molar-refractivity contribution in [3.63, 3.8) is 0 Å². The molecule has 2 saturated heterocycles. The number of methoxy groups -OCH3 is 1. The fraction of sp³-hybridized carbons (Fsp3) is 0.276. The summed E-state index contributed by atoms with van der Waals surface area (Å²) in [5.41, 5.74) is 1.42. The van der Waals surface area contributed by atoms with Gasteiger partial charge in [-0.2, -0.15) is 0 Å². The summed E-state index contributed by atoms with van der Waals surface area (Å²) < 4.78 is 5.23. The maximum atomic E-state index is 13.8. The van der Waals surface area contributed by atoms with Crippen LogP contribution in [0.2, 0.25) is 0 Å². The molecule has 8 nitrogen and oxygen atoms in total. The van der Waals surface area contributed by atoms with Crippen LogP contribution >= 0.6 is 0 Å². The zero-order chi connectivity index (χ0) is 25.8. The number of piperazine rings is 1. The Morgan fingerprint density at radius 2 is 1.49 bits per heavy atom. The van der Waals surface area contributed by atoms with E-state index in [9.17, 15) is 14.4 Å². The smallest absolute Gasteiger partial charge is 0.325 e. The SMILES string of the molecule is COc1ccc(N2CCN(C(=O)CN3C(=O)N[C@@](Cc4ccccc4)(c4ccccc4)C3=O)CC2)cc1. The van der Waals surface area contributed by atoms with Gasteiger partial charge in [0.1, 0.15) is 12.3 Å². The van der Waals surface area contributed by atoms with E-state index in [0.717, 1.165) is 21.9 Å². The average molecular weight is 499 g/mol. The molecule has 8 heteroatoms. The monoisotopic (exact) mass is 498 g/mol. The maximum absolute atomic E-state index is 13.8. The molecule has 0 radical (unpaired) electrons. The molecule has 0 saturated carbocycles. The molecule has 0 unspecified atom stereocenters. The molecule has 2 heterocycles. The lowest BCUT2D eigenvalue weighted by molar-refractivity contribution is -0.139. The Labute approximate surface area is 216 Å². The number of amides is 4. The predicted octanol–water partition coefficient (Wildman–Crippen LogP) is 3.03. The number of hydrogen-bond donors (Lipinski definition) is 1. The largest absolute Gasteiger partial charge is 0.497 e. The summed E-state index contributed by atoms with van der Waals surface area (Å²) in [6, 6.07) is 26.1. The summed E-state index contributed by atoms with van der Waals surface area (Å²) in [4.78, 5) is 45.1. The lowest BCUT2D eigenvalue weighted by Crippen LogP contribution is -2.52. The van der Waals surface area contributed by atoms with Crippen LogP contribution in [0.4, 0.5) is 10.5 Å². The van der Waals surface area contributed by atoms with E-state index in [1.54, 1.807) is 12.0 Å². The Morgan fingerprint density at radius 1 is 0.865 bits per heavy atom. The molecule has 0 bridgehead atoms. The van der Waals surface area contributed by atoms with Crippen LogP contribution in [0.25, 0.3) is 0 Å². The third kappa shape index (κ3) is 4.87. The van der Waals surface area contributed by atoms with E-state index in [-0.39, 0.29) is 12.5 Å². The number of imide groups is 1. The van der Waals surface area contributed by atoms with Gasteiger partial charge in [-0.05, 0) is 35.4 Å². The molecule has 2 aliphatic rings. The average Bonchev–Trinajstić information content (AvgIpc) is 3.19. The second-order valence-electron chi connectivity index (χ2n) is 9.32. The Bertz CT molecular complexity index is 1260. The number of benzene rings is 3. The quantitative estimate of drug-likeness (QED) is 0.507. The number of carbonyl (C=O) groups is 3. The van der Waals surface area contributed by atoms with Crippen molar-refractivity contribution in [3.8, 4) is 5.75 Å². The third-order valence-corrected chi connectivity index (χ3v) is 7.12. The third-order valence-electron chi connectivity index (χ3n) is 7.12. The van der Waals surface area contributed by atoms with E-state index in [2.05, 4.69) is 10.2 Å². The van der Waals surface area contributed by atoms with Crippen molar-refractivity contribution in [3.05, 3.63) is 96.1 Å². The second kappa shape index (κ2) is 10.3. The molecule has 0 aromatic heterocycles. The number of nitrogens with zero attached hydrogens (tertiary/aromatic N) is 3. The molecule has 190 valence electrons. The van der Waals surface area contributed by atoms with E-state index in [1.807, 2.05) is 84.9 Å². The van der Waals surface area contributed by atoms with Gasteiger partial charge < -0.3 is 19.9 Å². The van der Waals surface area contributed by atoms with Crippen molar-refractivity contribution in [2.75, 3.05) is 44.7 Å². The van der Waals surface area contributed by atoms with Crippen molar-refractivity contribution in [1.82, 2.24) is 15.1 Å². The van der Waals surface area contributed by atoms with Crippen LogP contribution in [0, 0.1) is 0 Å². The van der Waals surface area contributed by atoms with Gasteiger partial charge in [-0.25, -0.2) is 4.79 Å². The molecular weight excluding hydrogens is 468 g/mol. The number of ether oxygens (including phenoxy) is 1. The molecule has 1 atom stereocenters. The van der Waals surface area contributed by atoms with Gasteiger partial charge in [-0.1, -0.05) is 60.7 Å². The number of anilines is 1. The van der Waals surface area contributed by atoms with E-state index < -0.39 is 17.5 Å². The first-order valence-corrected chi connectivity index (χ1v) is 12.4. The van der Waals surface area contributed by atoms with Gasteiger partial charge in [0.05, 0.1) is 7.11 Å². The summed E-state index contributed by atoms with van der Waals surface area (Å²) in [7, 11) is 1.64. The van der Waals surface area contributed by atoms with Gasteiger partial charge in [-0.15, -0.1) is 0 Å². The second-order valence-corrected chi connectivity index (χ2v) is 9.32. The molecule has 3 aromatic rings. The number of urea groups is 1. The minimum absolute atomic E-state index is 0.235. The molecule has 4 amide bonds. The standard InChI is InChI=1S/C29H30N4O4/c1-37-25-14-12-24(13-15-25)31-16-18-32(19-17-31)26(34)21-33-27(35)29(30-28(33)36,23-10-6-3-7-11-23)20-22-8-4-2-5-9-22/h2-15H,16-21H2,1H3,(H,30,36)/t29-/m0/s1. The van der Waals surface area contributed by atoms with Crippen LogP contribution in [-0.4, -0.2) is 67.5 Å². The van der Waals surface area contributed by atoms with Crippen molar-refractivity contribution in [1.29, 1.82) is 0 Å². The molecular formula is C29H30N4O4. The molecule has 2 fully saturated rings. The molecule has 1 N–H and O–H groups in total. The number of rotatable bonds is 7. The van der Waals surface area contributed by atoms with Crippen LogP contribution < -0.4 is 15.0 Å². The molecule has 3 aromatic carbocycles. The summed E-state index contributed by atoms with van der Waals surface area (Å²) in [6.45, 7) is 2.08. The van der Waals surface area contributed by atoms with Crippen molar-refractivity contribution < 1.29 is 19.1 Å². The zero-order valence-electron chi connectivity index (χ0n) is 20.8. The van der Waals surface area contributed by atoms with Gasteiger partial charge in [-0.3, -0.25) is 14.5 Å². The number of carbonyl (C=O) groups excluding carboxylic acids is 3. The first-order chi connectivity index (χ1) is 18.0. The highest BCUT2D eigenvalue weighted by molar-refractivity contribution is 6.09. The first kappa shape index (κ1) is 24.4. The normalized spacial score (nSPS) is 19.6. The van der Waals surface area contributed by atoms with Crippen LogP contribution in [-0.2, 0) is 21.5 Å². The topological polar surface area (TPSA) is 82.2 Å². The minimum Gasteiger partial charge on any atom is -0.497 e. The fourth-order valence-corrected chi connectivity index (χ4v) is 5.05. The Balaban J connectivity index is 1.28. The van der Waals surface area contributed by atoms with E-state index >= 15 is 0 Å². The number of hydrogen-bond acceptors (Lipinski definition) is 5. The summed E-state index contributed by atoms with van der Waals surface area (Å²) in [5, 5.41) is 2.93. The van der Waals surface area contributed by atoms with Crippen molar-refractivity contribution in [2.24, 2.45) is 0 Å². The van der Waals surface area contributed by atoms with Gasteiger partial charge >= 0.3 is 6.03 Å². The number of nitrogens with one attached hydrogen (secondary N) is 1. The van der Waals surface area contributed by atoms with Crippen LogP contribution in [0.3, 0.4) is 0 Å². The van der Waals surface area contributed by atoms with Gasteiger partial charge in [0.25, 0.3) is 5.91 Å². The van der Waals surface area contributed by atoms with E-state index in [1.165, 1.54) is 0 Å². The molecule has 2 aliphatic heterocycles. The highest BCUT2D eigenvalue weighted by Gasteiger charge is 2.53. The highest BCUT2D eigenvalue weighted by Crippen LogP contribution is 2.33. The molecule has 37 heavy (non-hydrogen) atoms. The van der Waals surface area contributed by atoms with Gasteiger partial charge in [0.2, 0.25) is 5.91 Å². The predicted molar refractivity (Wildman–Crippen MR) is 140 cm³/mol.